The van der Waals surface area contributed by atoms with Crippen LogP contribution in [0.15, 0.2) is 30.3 Å². The number of H-pyrrole nitrogens is 1. The highest BCUT2D eigenvalue weighted by atomic mass is 35.5. The van der Waals surface area contributed by atoms with Gasteiger partial charge >= 0.3 is 0 Å². The van der Waals surface area contributed by atoms with Crippen molar-refractivity contribution in [2.75, 3.05) is 0 Å². The van der Waals surface area contributed by atoms with Crippen molar-refractivity contribution < 1.29 is 9.59 Å². The molecule has 1 N–H and O–H groups in total. The first-order valence-electron chi connectivity index (χ1n) is 6.45. The van der Waals surface area contributed by atoms with Gasteiger partial charge in [0.05, 0.1) is 5.69 Å². The zero-order valence-corrected chi connectivity index (χ0v) is 12.4. The van der Waals surface area contributed by atoms with Gasteiger partial charge in [0.1, 0.15) is 0 Å². The maximum Gasteiger partial charge on any atom is 0.294 e. The number of ketones is 1. The van der Waals surface area contributed by atoms with E-state index in [1.807, 2.05) is 51.1 Å². The Labute approximate surface area is 123 Å². The van der Waals surface area contributed by atoms with Crippen molar-refractivity contribution >= 4 is 22.6 Å². The summed E-state index contributed by atoms with van der Waals surface area (Å²) in [6, 6.07) is 9.52. The Morgan fingerprint density at radius 3 is 2.25 bits per heavy atom. The molecule has 2 aromatic rings. The minimum Gasteiger partial charge on any atom is -0.355 e. The van der Waals surface area contributed by atoms with Crippen molar-refractivity contribution in [3.8, 4) is 11.1 Å². The summed E-state index contributed by atoms with van der Waals surface area (Å²) < 4.78 is 0. The van der Waals surface area contributed by atoms with Gasteiger partial charge in [0.25, 0.3) is 11.0 Å². The second-order valence-corrected chi connectivity index (χ2v) is 5.38. The van der Waals surface area contributed by atoms with E-state index >= 15 is 0 Å². The molecule has 0 spiro atoms. The maximum absolute atomic E-state index is 12.0. The predicted octanol–water partition coefficient (Wildman–Crippen LogP) is 4.06. The van der Waals surface area contributed by atoms with Crippen LogP contribution < -0.4 is 0 Å². The molecule has 0 aliphatic rings. The monoisotopic (exact) mass is 289 g/mol. The third kappa shape index (κ3) is 2.54. The van der Waals surface area contributed by atoms with E-state index in [0.717, 1.165) is 22.4 Å². The molecule has 1 heterocycles. The zero-order valence-electron chi connectivity index (χ0n) is 11.7. The van der Waals surface area contributed by atoms with Gasteiger partial charge in [-0.05, 0) is 35.6 Å². The second kappa shape index (κ2) is 5.63. The van der Waals surface area contributed by atoms with E-state index in [9.17, 15) is 9.59 Å². The summed E-state index contributed by atoms with van der Waals surface area (Å²) in [5.74, 6) is -0.468. The number of benzene rings is 1. The summed E-state index contributed by atoms with van der Waals surface area (Å²) in [6.07, 6.45) is 0. The molecule has 1 aromatic carbocycles. The Morgan fingerprint density at radius 1 is 1.15 bits per heavy atom. The number of aromatic nitrogens is 1. The molecule has 0 saturated heterocycles. The van der Waals surface area contributed by atoms with Gasteiger partial charge < -0.3 is 4.98 Å². The highest BCUT2D eigenvalue weighted by molar-refractivity contribution is 6.83. The maximum atomic E-state index is 12.0. The van der Waals surface area contributed by atoms with Gasteiger partial charge in [0.15, 0.2) is 0 Å². The van der Waals surface area contributed by atoms with Crippen LogP contribution in [-0.4, -0.2) is 16.0 Å². The number of aromatic amines is 1. The summed E-state index contributed by atoms with van der Waals surface area (Å²) in [5, 5.41) is -0.973. The predicted molar refractivity (Wildman–Crippen MR) is 80.2 cm³/mol. The lowest BCUT2D eigenvalue weighted by Crippen LogP contribution is -2.09. The van der Waals surface area contributed by atoms with Crippen molar-refractivity contribution in [3.05, 3.63) is 47.3 Å². The van der Waals surface area contributed by atoms with Crippen LogP contribution >= 0.6 is 11.6 Å². The van der Waals surface area contributed by atoms with E-state index in [1.165, 1.54) is 0 Å². The van der Waals surface area contributed by atoms with Crippen LogP contribution in [-0.2, 0) is 4.79 Å². The van der Waals surface area contributed by atoms with Gasteiger partial charge in [-0.15, -0.1) is 0 Å². The van der Waals surface area contributed by atoms with Crippen LogP contribution in [0.1, 0.15) is 41.5 Å². The van der Waals surface area contributed by atoms with Crippen molar-refractivity contribution in [2.24, 2.45) is 0 Å². The molecule has 4 heteroatoms. The lowest BCUT2D eigenvalue weighted by molar-refractivity contribution is -0.108. The van der Waals surface area contributed by atoms with Crippen LogP contribution in [0.5, 0.6) is 0 Å². The number of carbonyl (C=O) groups excluding carboxylic acids is 2. The molecule has 2 rings (SSSR count). The number of hydrogen-bond acceptors (Lipinski definition) is 2. The summed E-state index contributed by atoms with van der Waals surface area (Å²) in [4.78, 5) is 26.3. The SMILES string of the molecule is Cc1c(C(C)C)[nH]c(C(=O)C(=O)Cl)c1-c1ccccc1. The molecule has 0 amide bonds. The number of Topliss-reactive ketones (excluding diaryl/α,β-unsaturated/α-hetero) is 1. The van der Waals surface area contributed by atoms with Gasteiger partial charge in [0.2, 0.25) is 0 Å². The normalized spacial score (nSPS) is 10.8. The number of carbonyl (C=O) groups is 2. The van der Waals surface area contributed by atoms with Crippen molar-refractivity contribution in [1.82, 2.24) is 4.98 Å². The smallest absolute Gasteiger partial charge is 0.294 e. The topological polar surface area (TPSA) is 49.9 Å². The molecule has 0 bridgehead atoms. The third-order valence-corrected chi connectivity index (χ3v) is 3.51. The van der Waals surface area contributed by atoms with E-state index in [-0.39, 0.29) is 11.6 Å². The Hall–Kier alpha value is -1.87. The summed E-state index contributed by atoms with van der Waals surface area (Å²) in [7, 11) is 0. The number of hydrogen-bond donors (Lipinski definition) is 1. The molecule has 20 heavy (non-hydrogen) atoms. The molecular formula is C16H16ClNO2. The average molecular weight is 290 g/mol. The minimum absolute atomic E-state index is 0.226. The average Bonchev–Trinajstić information content (AvgIpc) is 2.76. The van der Waals surface area contributed by atoms with Crippen molar-refractivity contribution in [2.45, 2.75) is 26.7 Å². The first-order chi connectivity index (χ1) is 9.43. The Balaban J connectivity index is 2.70. The molecular weight excluding hydrogens is 274 g/mol. The fourth-order valence-corrected chi connectivity index (χ4v) is 2.52. The Morgan fingerprint density at radius 2 is 1.75 bits per heavy atom. The van der Waals surface area contributed by atoms with E-state index in [2.05, 4.69) is 4.98 Å². The summed E-state index contributed by atoms with van der Waals surface area (Å²) in [6.45, 7) is 6.01. The van der Waals surface area contributed by atoms with Gasteiger partial charge in [-0.1, -0.05) is 44.2 Å². The lowest BCUT2D eigenvalue weighted by atomic mass is 9.97. The number of nitrogens with one attached hydrogen (secondary N) is 1. The minimum atomic E-state index is -0.973. The highest BCUT2D eigenvalue weighted by Crippen LogP contribution is 2.33. The van der Waals surface area contributed by atoms with Crippen molar-refractivity contribution in [1.29, 1.82) is 0 Å². The summed E-state index contributed by atoms with van der Waals surface area (Å²) in [5.41, 5.74) is 3.86. The summed E-state index contributed by atoms with van der Waals surface area (Å²) >= 11 is 5.35. The molecule has 0 aliphatic heterocycles. The quantitative estimate of drug-likeness (QED) is 0.524. The molecule has 0 unspecified atom stereocenters. The molecule has 0 fully saturated rings. The first-order valence-corrected chi connectivity index (χ1v) is 6.83. The molecule has 104 valence electrons. The standard InChI is InChI=1S/C16H16ClNO2/c1-9(2)13-10(3)12(11-7-5-4-6-8-11)14(18-13)15(19)16(17)20/h4-9,18H,1-3H3. The molecule has 0 aliphatic carbocycles. The molecule has 0 radical (unpaired) electrons. The fourth-order valence-electron chi connectivity index (χ4n) is 2.42. The Kier molecular flexibility index (Phi) is 4.09. The first kappa shape index (κ1) is 14.5. The van der Waals surface area contributed by atoms with Crippen LogP contribution in [0.25, 0.3) is 11.1 Å². The lowest BCUT2D eigenvalue weighted by Gasteiger charge is -2.05. The van der Waals surface area contributed by atoms with E-state index < -0.39 is 11.0 Å². The van der Waals surface area contributed by atoms with Gasteiger partial charge in [-0.2, -0.15) is 0 Å². The third-order valence-electron chi connectivity index (χ3n) is 3.33. The van der Waals surface area contributed by atoms with Gasteiger partial charge in [0, 0.05) is 11.3 Å². The molecule has 0 atom stereocenters. The second-order valence-electron chi connectivity index (χ2n) is 5.04. The van der Waals surface area contributed by atoms with Gasteiger partial charge in [-0.3, -0.25) is 9.59 Å². The van der Waals surface area contributed by atoms with Gasteiger partial charge in [-0.25, -0.2) is 0 Å². The number of halogens is 1. The van der Waals surface area contributed by atoms with E-state index in [4.69, 9.17) is 11.6 Å². The van der Waals surface area contributed by atoms with E-state index in [0.29, 0.717) is 0 Å². The van der Waals surface area contributed by atoms with Crippen LogP contribution in [0.4, 0.5) is 0 Å². The molecule has 1 aromatic heterocycles. The van der Waals surface area contributed by atoms with Crippen LogP contribution in [0.3, 0.4) is 0 Å². The largest absolute Gasteiger partial charge is 0.355 e. The van der Waals surface area contributed by atoms with Crippen molar-refractivity contribution in [3.63, 3.8) is 0 Å². The van der Waals surface area contributed by atoms with E-state index in [1.54, 1.807) is 0 Å². The number of rotatable bonds is 4. The zero-order chi connectivity index (χ0) is 14.9. The van der Waals surface area contributed by atoms with Crippen LogP contribution in [0.2, 0.25) is 0 Å². The van der Waals surface area contributed by atoms with Crippen LogP contribution in [0, 0.1) is 6.92 Å². The fraction of sp³-hybridized carbons (Fsp3) is 0.250. The highest BCUT2D eigenvalue weighted by Gasteiger charge is 2.25. The molecule has 0 saturated carbocycles. The Bertz CT molecular complexity index is 657. The molecule has 3 nitrogen and oxygen atoms in total.